The molecule has 0 fully saturated rings. The Morgan fingerprint density at radius 2 is 1.93 bits per heavy atom. The van der Waals surface area contributed by atoms with E-state index in [2.05, 4.69) is 38.0 Å². The summed E-state index contributed by atoms with van der Waals surface area (Å²) in [6.45, 7) is 11.6. The van der Waals surface area contributed by atoms with Crippen molar-refractivity contribution >= 4 is 0 Å². The molecule has 0 aromatic carbocycles. The molecule has 3 heteroatoms. The first kappa shape index (κ1) is 14.9. The monoisotopic (exact) mass is 216 g/mol. The summed E-state index contributed by atoms with van der Waals surface area (Å²) in [7, 11) is 2.16. The van der Waals surface area contributed by atoms with Gasteiger partial charge in [-0.25, -0.2) is 0 Å². The van der Waals surface area contributed by atoms with Crippen molar-refractivity contribution in [3.63, 3.8) is 0 Å². The van der Waals surface area contributed by atoms with Crippen LogP contribution in [0.2, 0.25) is 0 Å². The zero-order chi connectivity index (χ0) is 11.5. The van der Waals surface area contributed by atoms with Crippen LogP contribution < -0.4 is 5.32 Å². The SMILES string of the molecule is CCCNCCCN(C)CCOC(C)C. The first-order valence-corrected chi connectivity index (χ1v) is 6.17. The molecule has 0 radical (unpaired) electrons. The molecule has 0 unspecified atom stereocenters. The predicted molar refractivity (Wildman–Crippen MR) is 66.4 cm³/mol. The summed E-state index contributed by atoms with van der Waals surface area (Å²) in [6.07, 6.45) is 2.79. The normalized spacial score (nSPS) is 11.6. The summed E-state index contributed by atoms with van der Waals surface area (Å²) >= 11 is 0. The standard InChI is InChI=1S/C12H28N2O/c1-5-7-13-8-6-9-14(4)10-11-15-12(2)3/h12-13H,5-11H2,1-4H3. The van der Waals surface area contributed by atoms with E-state index in [0.717, 1.165) is 32.8 Å². The van der Waals surface area contributed by atoms with Crippen molar-refractivity contribution in [2.24, 2.45) is 0 Å². The van der Waals surface area contributed by atoms with Crippen LogP contribution >= 0.6 is 0 Å². The maximum Gasteiger partial charge on any atom is 0.0596 e. The van der Waals surface area contributed by atoms with E-state index >= 15 is 0 Å². The third kappa shape index (κ3) is 11.8. The Hall–Kier alpha value is -0.120. The lowest BCUT2D eigenvalue weighted by atomic mass is 10.3. The van der Waals surface area contributed by atoms with E-state index in [4.69, 9.17) is 4.74 Å². The Balaban J connectivity index is 3.15. The molecule has 0 heterocycles. The number of likely N-dealkylation sites (N-methyl/N-ethyl adjacent to an activating group) is 1. The average molecular weight is 216 g/mol. The average Bonchev–Trinajstić information content (AvgIpc) is 2.17. The quantitative estimate of drug-likeness (QED) is 0.563. The molecule has 0 saturated heterocycles. The molecule has 0 amide bonds. The molecule has 0 aliphatic carbocycles. The molecule has 0 saturated carbocycles. The largest absolute Gasteiger partial charge is 0.377 e. The number of nitrogens with one attached hydrogen (secondary N) is 1. The second-order valence-corrected chi connectivity index (χ2v) is 4.33. The predicted octanol–water partition coefficient (Wildman–Crippen LogP) is 1.73. The molecule has 0 atom stereocenters. The van der Waals surface area contributed by atoms with Crippen molar-refractivity contribution in [2.45, 2.75) is 39.7 Å². The Labute approximate surface area is 95.2 Å². The number of rotatable bonds is 10. The van der Waals surface area contributed by atoms with Crippen molar-refractivity contribution in [1.82, 2.24) is 10.2 Å². The fourth-order valence-electron chi connectivity index (χ4n) is 1.33. The molecule has 0 aliphatic heterocycles. The van der Waals surface area contributed by atoms with Gasteiger partial charge in [-0.1, -0.05) is 6.92 Å². The molecule has 1 N–H and O–H groups in total. The molecule has 0 aliphatic rings. The zero-order valence-electron chi connectivity index (χ0n) is 10.9. The number of nitrogens with zero attached hydrogens (tertiary/aromatic N) is 1. The second kappa shape index (κ2) is 10.4. The van der Waals surface area contributed by atoms with Crippen molar-refractivity contribution < 1.29 is 4.74 Å². The Kier molecular flexibility index (Phi) is 10.3. The van der Waals surface area contributed by atoms with Crippen molar-refractivity contribution in [1.29, 1.82) is 0 Å². The van der Waals surface area contributed by atoms with Crippen molar-refractivity contribution in [2.75, 3.05) is 39.8 Å². The van der Waals surface area contributed by atoms with Crippen LogP contribution in [0.1, 0.15) is 33.6 Å². The highest BCUT2D eigenvalue weighted by atomic mass is 16.5. The van der Waals surface area contributed by atoms with Crippen LogP contribution in [0.5, 0.6) is 0 Å². The number of hydrogen-bond donors (Lipinski definition) is 1. The van der Waals surface area contributed by atoms with Gasteiger partial charge in [0.1, 0.15) is 0 Å². The first-order chi connectivity index (χ1) is 7.16. The third-order valence-corrected chi connectivity index (χ3v) is 2.24. The van der Waals surface area contributed by atoms with Gasteiger partial charge in [0.15, 0.2) is 0 Å². The van der Waals surface area contributed by atoms with Crippen LogP contribution in [0.25, 0.3) is 0 Å². The smallest absolute Gasteiger partial charge is 0.0596 e. The fourth-order valence-corrected chi connectivity index (χ4v) is 1.33. The molecular formula is C12H28N2O. The molecule has 92 valence electrons. The van der Waals surface area contributed by atoms with E-state index in [-0.39, 0.29) is 0 Å². The van der Waals surface area contributed by atoms with E-state index in [0.29, 0.717) is 6.10 Å². The summed E-state index contributed by atoms with van der Waals surface area (Å²) in [5.74, 6) is 0. The molecule has 0 aromatic rings. The minimum absolute atomic E-state index is 0.352. The number of hydrogen-bond acceptors (Lipinski definition) is 3. The maximum absolute atomic E-state index is 5.50. The lowest BCUT2D eigenvalue weighted by molar-refractivity contribution is 0.0637. The third-order valence-electron chi connectivity index (χ3n) is 2.24. The number of ether oxygens (including phenoxy) is 1. The minimum Gasteiger partial charge on any atom is -0.377 e. The first-order valence-electron chi connectivity index (χ1n) is 6.17. The molecule has 0 spiro atoms. The van der Waals surface area contributed by atoms with Crippen LogP contribution in [-0.2, 0) is 4.74 Å². The Bertz CT molecular complexity index is 129. The Morgan fingerprint density at radius 1 is 1.20 bits per heavy atom. The lowest BCUT2D eigenvalue weighted by Crippen LogP contribution is -2.28. The van der Waals surface area contributed by atoms with Gasteiger partial charge < -0.3 is 15.0 Å². The van der Waals surface area contributed by atoms with E-state index in [1.54, 1.807) is 0 Å². The summed E-state index contributed by atoms with van der Waals surface area (Å²) in [5.41, 5.74) is 0. The van der Waals surface area contributed by atoms with Gasteiger partial charge in [0.25, 0.3) is 0 Å². The molecule has 15 heavy (non-hydrogen) atoms. The van der Waals surface area contributed by atoms with Crippen LogP contribution in [0.3, 0.4) is 0 Å². The van der Waals surface area contributed by atoms with Crippen molar-refractivity contribution in [3.05, 3.63) is 0 Å². The van der Waals surface area contributed by atoms with Crippen LogP contribution in [0, 0.1) is 0 Å². The molecule has 0 aromatic heterocycles. The minimum atomic E-state index is 0.352. The van der Waals surface area contributed by atoms with Crippen LogP contribution in [-0.4, -0.2) is 50.8 Å². The maximum atomic E-state index is 5.50. The van der Waals surface area contributed by atoms with E-state index < -0.39 is 0 Å². The highest BCUT2D eigenvalue weighted by molar-refractivity contribution is 4.54. The van der Waals surface area contributed by atoms with Gasteiger partial charge >= 0.3 is 0 Å². The van der Waals surface area contributed by atoms with Gasteiger partial charge in [-0.3, -0.25) is 0 Å². The van der Waals surface area contributed by atoms with E-state index in [1.165, 1.54) is 12.8 Å². The molecule has 0 bridgehead atoms. The summed E-state index contributed by atoms with van der Waals surface area (Å²) in [4.78, 5) is 2.33. The highest BCUT2D eigenvalue weighted by Crippen LogP contribution is 1.90. The van der Waals surface area contributed by atoms with Crippen LogP contribution in [0.15, 0.2) is 0 Å². The molecule has 0 rings (SSSR count). The van der Waals surface area contributed by atoms with E-state index in [1.807, 2.05) is 0 Å². The topological polar surface area (TPSA) is 24.5 Å². The van der Waals surface area contributed by atoms with Gasteiger partial charge in [-0.05, 0) is 53.4 Å². The molecule has 3 nitrogen and oxygen atoms in total. The lowest BCUT2D eigenvalue weighted by Gasteiger charge is -2.17. The van der Waals surface area contributed by atoms with Gasteiger partial charge in [-0.15, -0.1) is 0 Å². The van der Waals surface area contributed by atoms with E-state index in [9.17, 15) is 0 Å². The zero-order valence-corrected chi connectivity index (χ0v) is 10.9. The molecular weight excluding hydrogens is 188 g/mol. The van der Waals surface area contributed by atoms with Crippen molar-refractivity contribution in [3.8, 4) is 0 Å². The van der Waals surface area contributed by atoms with Gasteiger partial charge in [-0.2, -0.15) is 0 Å². The van der Waals surface area contributed by atoms with Gasteiger partial charge in [0.05, 0.1) is 12.7 Å². The second-order valence-electron chi connectivity index (χ2n) is 4.33. The highest BCUT2D eigenvalue weighted by Gasteiger charge is 1.99. The summed E-state index contributed by atoms with van der Waals surface area (Å²) < 4.78 is 5.50. The summed E-state index contributed by atoms with van der Waals surface area (Å²) in [6, 6.07) is 0. The fraction of sp³-hybridized carbons (Fsp3) is 1.00. The summed E-state index contributed by atoms with van der Waals surface area (Å²) in [5, 5.41) is 3.41. The van der Waals surface area contributed by atoms with Gasteiger partial charge in [0.2, 0.25) is 0 Å². The Morgan fingerprint density at radius 3 is 2.53 bits per heavy atom. The van der Waals surface area contributed by atoms with Gasteiger partial charge in [0, 0.05) is 6.54 Å². The van der Waals surface area contributed by atoms with Crippen LogP contribution in [0.4, 0.5) is 0 Å².